The van der Waals surface area contributed by atoms with Crippen LogP contribution >= 0.6 is 0 Å². The number of amides is 1. The molecular formula is C23H26N4O. The molecule has 28 heavy (non-hydrogen) atoms. The standard InChI is InChI=1S/C23H26N4O/c1-17(2)27(15-19-9-5-4-6-10-19)23(28)21-13-22(26-16-25-21)24-14-20-11-7-8-18(3)12-20/h4-13,16-17H,14-15H2,1-3H3,(H,24,25,26). The lowest BCUT2D eigenvalue weighted by Gasteiger charge is -2.26. The summed E-state index contributed by atoms with van der Waals surface area (Å²) in [6.07, 6.45) is 1.44. The van der Waals surface area contributed by atoms with E-state index in [9.17, 15) is 4.79 Å². The average molecular weight is 374 g/mol. The second-order valence-electron chi connectivity index (χ2n) is 7.14. The van der Waals surface area contributed by atoms with Crippen LogP contribution in [0, 0.1) is 6.92 Å². The second-order valence-corrected chi connectivity index (χ2v) is 7.14. The molecule has 1 aromatic heterocycles. The van der Waals surface area contributed by atoms with Crippen LogP contribution in [0.25, 0.3) is 0 Å². The molecule has 5 heteroatoms. The van der Waals surface area contributed by atoms with Crippen LogP contribution < -0.4 is 5.32 Å². The van der Waals surface area contributed by atoms with Gasteiger partial charge in [-0.05, 0) is 31.9 Å². The van der Waals surface area contributed by atoms with Gasteiger partial charge in [0.2, 0.25) is 0 Å². The number of nitrogens with one attached hydrogen (secondary N) is 1. The highest BCUT2D eigenvalue weighted by Crippen LogP contribution is 2.14. The van der Waals surface area contributed by atoms with Crippen LogP contribution in [0.15, 0.2) is 67.0 Å². The van der Waals surface area contributed by atoms with E-state index in [1.54, 1.807) is 6.07 Å². The summed E-state index contributed by atoms with van der Waals surface area (Å²) in [6, 6.07) is 20.1. The Labute approximate surface area is 166 Å². The summed E-state index contributed by atoms with van der Waals surface area (Å²) < 4.78 is 0. The highest BCUT2D eigenvalue weighted by Gasteiger charge is 2.20. The zero-order chi connectivity index (χ0) is 19.9. The maximum absolute atomic E-state index is 13.1. The monoisotopic (exact) mass is 374 g/mol. The Kier molecular flexibility index (Phi) is 6.37. The molecule has 1 amide bonds. The van der Waals surface area contributed by atoms with Gasteiger partial charge < -0.3 is 10.2 Å². The number of aromatic nitrogens is 2. The smallest absolute Gasteiger partial charge is 0.273 e. The molecule has 3 rings (SSSR count). The molecule has 0 radical (unpaired) electrons. The van der Waals surface area contributed by atoms with E-state index in [1.807, 2.05) is 55.1 Å². The van der Waals surface area contributed by atoms with Gasteiger partial charge in [0.15, 0.2) is 0 Å². The Morgan fingerprint density at radius 1 is 1.00 bits per heavy atom. The van der Waals surface area contributed by atoms with Gasteiger partial charge in [-0.15, -0.1) is 0 Å². The summed E-state index contributed by atoms with van der Waals surface area (Å²) >= 11 is 0. The Balaban J connectivity index is 1.72. The molecule has 0 aliphatic carbocycles. The third-order valence-corrected chi connectivity index (χ3v) is 4.52. The maximum Gasteiger partial charge on any atom is 0.273 e. The molecule has 1 heterocycles. The molecule has 2 aromatic carbocycles. The summed E-state index contributed by atoms with van der Waals surface area (Å²) in [5, 5.41) is 3.28. The number of aryl methyl sites for hydroxylation is 1. The van der Waals surface area contributed by atoms with E-state index in [2.05, 4.69) is 40.4 Å². The molecule has 0 spiro atoms. The van der Waals surface area contributed by atoms with Crippen LogP contribution in [0.4, 0.5) is 5.82 Å². The van der Waals surface area contributed by atoms with Crippen molar-refractivity contribution < 1.29 is 4.79 Å². The van der Waals surface area contributed by atoms with E-state index in [0.717, 1.165) is 5.56 Å². The molecule has 1 N–H and O–H groups in total. The van der Waals surface area contributed by atoms with Crippen molar-refractivity contribution in [3.8, 4) is 0 Å². The first kappa shape index (κ1) is 19.5. The summed E-state index contributed by atoms with van der Waals surface area (Å²) in [6.45, 7) is 7.29. The Morgan fingerprint density at radius 3 is 2.46 bits per heavy atom. The molecule has 0 unspecified atom stereocenters. The minimum atomic E-state index is -0.0974. The van der Waals surface area contributed by atoms with Crippen LogP contribution in [0.3, 0.4) is 0 Å². The van der Waals surface area contributed by atoms with Crippen molar-refractivity contribution in [2.75, 3.05) is 5.32 Å². The highest BCUT2D eigenvalue weighted by atomic mass is 16.2. The Bertz CT molecular complexity index is 925. The number of hydrogen-bond acceptors (Lipinski definition) is 4. The van der Waals surface area contributed by atoms with Crippen LogP contribution in [-0.2, 0) is 13.1 Å². The van der Waals surface area contributed by atoms with Gasteiger partial charge in [-0.2, -0.15) is 0 Å². The van der Waals surface area contributed by atoms with Gasteiger partial charge in [0.1, 0.15) is 17.8 Å². The molecule has 0 bridgehead atoms. The Morgan fingerprint density at radius 2 is 1.75 bits per heavy atom. The first-order valence-electron chi connectivity index (χ1n) is 9.49. The molecule has 0 saturated heterocycles. The number of benzene rings is 2. The molecule has 5 nitrogen and oxygen atoms in total. The third-order valence-electron chi connectivity index (χ3n) is 4.52. The van der Waals surface area contributed by atoms with Gasteiger partial charge in [-0.3, -0.25) is 4.79 Å². The minimum Gasteiger partial charge on any atom is -0.366 e. The molecule has 0 aliphatic rings. The van der Waals surface area contributed by atoms with E-state index in [4.69, 9.17) is 0 Å². The van der Waals surface area contributed by atoms with E-state index in [-0.39, 0.29) is 11.9 Å². The van der Waals surface area contributed by atoms with Gasteiger partial charge in [0.05, 0.1) is 0 Å². The van der Waals surface area contributed by atoms with Crippen LogP contribution in [0.2, 0.25) is 0 Å². The molecule has 0 fully saturated rings. The van der Waals surface area contributed by atoms with Crippen molar-refractivity contribution >= 4 is 11.7 Å². The largest absolute Gasteiger partial charge is 0.366 e. The normalized spacial score (nSPS) is 10.7. The number of hydrogen-bond donors (Lipinski definition) is 1. The fraction of sp³-hybridized carbons (Fsp3) is 0.261. The zero-order valence-corrected chi connectivity index (χ0v) is 16.6. The fourth-order valence-electron chi connectivity index (χ4n) is 3.00. The van der Waals surface area contributed by atoms with E-state index in [0.29, 0.717) is 24.6 Å². The zero-order valence-electron chi connectivity index (χ0n) is 16.6. The Hall–Kier alpha value is -3.21. The molecule has 144 valence electrons. The van der Waals surface area contributed by atoms with E-state index < -0.39 is 0 Å². The molecule has 0 saturated carbocycles. The fourth-order valence-corrected chi connectivity index (χ4v) is 3.00. The topological polar surface area (TPSA) is 58.1 Å². The molecule has 0 atom stereocenters. The predicted molar refractivity (Wildman–Crippen MR) is 112 cm³/mol. The van der Waals surface area contributed by atoms with Crippen LogP contribution in [-0.4, -0.2) is 26.8 Å². The number of carbonyl (C=O) groups is 1. The van der Waals surface area contributed by atoms with E-state index in [1.165, 1.54) is 17.5 Å². The van der Waals surface area contributed by atoms with Gasteiger partial charge in [0.25, 0.3) is 5.91 Å². The summed E-state index contributed by atoms with van der Waals surface area (Å²) in [5.74, 6) is 0.545. The van der Waals surface area contributed by atoms with Crippen molar-refractivity contribution in [2.24, 2.45) is 0 Å². The van der Waals surface area contributed by atoms with Gasteiger partial charge >= 0.3 is 0 Å². The quantitative estimate of drug-likeness (QED) is 0.664. The number of nitrogens with zero attached hydrogens (tertiary/aromatic N) is 3. The van der Waals surface area contributed by atoms with Crippen molar-refractivity contribution in [3.63, 3.8) is 0 Å². The molecule has 0 aliphatic heterocycles. The molecule has 3 aromatic rings. The SMILES string of the molecule is Cc1cccc(CNc2cc(C(=O)N(Cc3ccccc3)C(C)C)ncn2)c1. The van der Waals surface area contributed by atoms with Crippen LogP contribution in [0.1, 0.15) is 41.0 Å². The first-order chi connectivity index (χ1) is 13.5. The van der Waals surface area contributed by atoms with Crippen molar-refractivity contribution in [1.82, 2.24) is 14.9 Å². The summed E-state index contributed by atoms with van der Waals surface area (Å²) in [5.41, 5.74) is 3.87. The summed E-state index contributed by atoms with van der Waals surface area (Å²) in [4.78, 5) is 23.4. The molecular weight excluding hydrogens is 348 g/mol. The van der Waals surface area contributed by atoms with Crippen LogP contribution in [0.5, 0.6) is 0 Å². The second kappa shape index (κ2) is 9.13. The van der Waals surface area contributed by atoms with Crippen molar-refractivity contribution in [2.45, 2.75) is 39.9 Å². The maximum atomic E-state index is 13.1. The van der Waals surface area contributed by atoms with Gasteiger partial charge in [-0.1, -0.05) is 60.2 Å². The van der Waals surface area contributed by atoms with Crippen molar-refractivity contribution in [3.05, 3.63) is 89.4 Å². The third kappa shape index (κ3) is 5.16. The lowest BCUT2D eigenvalue weighted by Crippen LogP contribution is -2.36. The minimum absolute atomic E-state index is 0.0615. The van der Waals surface area contributed by atoms with Gasteiger partial charge in [0, 0.05) is 25.2 Å². The lowest BCUT2D eigenvalue weighted by molar-refractivity contribution is 0.0684. The summed E-state index contributed by atoms with van der Waals surface area (Å²) in [7, 11) is 0. The predicted octanol–water partition coefficient (Wildman–Crippen LogP) is 4.45. The highest BCUT2D eigenvalue weighted by molar-refractivity contribution is 5.93. The average Bonchev–Trinajstić information content (AvgIpc) is 2.71. The van der Waals surface area contributed by atoms with E-state index >= 15 is 0 Å². The van der Waals surface area contributed by atoms with Crippen molar-refractivity contribution in [1.29, 1.82) is 0 Å². The number of carbonyl (C=O) groups excluding carboxylic acids is 1. The first-order valence-corrected chi connectivity index (χ1v) is 9.49. The van der Waals surface area contributed by atoms with Gasteiger partial charge in [-0.25, -0.2) is 9.97 Å². The lowest BCUT2D eigenvalue weighted by atomic mass is 10.1. The number of anilines is 1. The number of rotatable bonds is 7.